The van der Waals surface area contributed by atoms with E-state index < -0.39 is 0 Å². The zero-order chi connectivity index (χ0) is 19.4. The number of hydrogen-bond acceptors (Lipinski definition) is 3. The largest absolute Gasteiger partial charge is 0.508 e. The second-order valence-corrected chi connectivity index (χ2v) is 9.79. The maximum Gasteiger partial charge on any atom is 0.331 e. The van der Waals surface area contributed by atoms with Crippen molar-refractivity contribution in [3.05, 3.63) is 35.9 Å². The van der Waals surface area contributed by atoms with Crippen LogP contribution in [0.25, 0.3) is 6.08 Å². The highest BCUT2D eigenvalue weighted by molar-refractivity contribution is 5.87. The van der Waals surface area contributed by atoms with E-state index in [0.717, 1.165) is 5.56 Å². The molecule has 3 aliphatic carbocycles. The summed E-state index contributed by atoms with van der Waals surface area (Å²) in [5.74, 6) is 2.49. The van der Waals surface area contributed by atoms with Crippen LogP contribution in [0.5, 0.6) is 5.75 Å². The Morgan fingerprint density at radius 3 is 2.48 bits per heavy atom. The van der Waals surface area contributed by atoms with Crippen molar-refractivity contribution in [2.75, 3.05) is 0 Å². The molecular formula is C24H32O3. The van der Waals surface area contributed by atoms with Gasteiger partial charge in [0.15, 0.2) is 0 Å². The van der Waals surface area contributed by atoms with Gasteiger partial charge in [0.25, 0.3) is 0 Å². The number of rotatable bonds is 4. The fraction of sp³-hybridized carbons (Fsp3) is 0.625. The Labute approximate surface area is 162 Å². The Morgan fingerprint density at radius 1 is 1.15 bits per heavy atom. The Hall–Kier alpha value is -1.77. The third-order valence-electron chi connectivity index (χ3n) is 8.44. The minimum Gasteiger partial charge on any atom is -0.508 e. The van der Waals surface area contributed by atoms with Crippen LogP contribution in [0.1, 0.15) is 58.9 Å². The van der Waals surface area contributed by atoms with Gasteiger partial charge in [-0.3, -0.25) is 0 Å². The normalized spacial score (nSPS) is 40.0. The Morgan fingerprint density at radius 2 is 1.81 bits per heavy atom. The molecule has 3 nitrogen and oxygen atoms in total. The molecule has 0 aliphatic heterocycles. The summed E-state index contributed by atoms with van der Waals surface area (Å²) in [6.45, 7) is 9.47. The van der Waals surface area contributed by atoms with Gasteiger partial charge in [-0.2, -0.15) is 0 Å². The average molecular weight is 369 g/mol. The van der Waals surface area contributed by atoms with E-state index in [2.05, 4.69) is 27.7 Å². The summed E-state index contributed by atoms with van der Waals surface area (Å²) in [5, 5.41) is 9.38. The van der Waals surface area contributed by atoms with Crippen molar-refractivity contribution in [1.82, 2.24) is 0 Å². The number of esters is 1. The molecule has 1 N–H and O–H groups in total. The monoisotopic (exact) mass is 368 g/mol. The second kappa shape index (κ2) is 6.39. The number of phenols is 1. The first-order valence-corrected chi connectivity index (χ1v) is 10.4. The molecule has 3 heteroatoms. The quantitative estimate of drug-likeness (QED) is 0.569. The van der Waals surface area contributed by atoms with Gasteiger partial charge in [0.05, 0.1) is 0 Å². The van der Waals surface area contributed by atoms with Crippen LogP contribution in [0, 0.1) is 34.5 Å². The molecule has 0 saturated heterocycles. The maximum absolute atomic E-state index is 12.7. The van der Waals surface area contributed by atoms with Gasteiger partial charge in [-0.25, -0.2) is 4.79 Å². The second-order valence-electron chi connectivity index (χ2n) is 9.79. The van der Waals surface area contributed by atoms with E-state index in [1.54, 1.807) is 36.4 Å². The fourth-order valence-corrected chi connectivity index (χ4v) is 6.76. The molecule has 0 radical (unpaired) electrons. The molecule has 0 aromatic heterocycles. The van der Waals surface area contributed by atoms with Crippen molar-refractivity contribution < 1.29 is 14.6 Å². The van der Waals surface area contributed by atoms with Gasteiger partial charge in [0, 0.05) is 17.4 Å². The highest BCUT2D eigenvalue weighted by atomic mass is 16.5. The molecule has 0 unspecified atom stereocenters. The van der Waals surface area contributed by atoms with Crippen LogP contribution in [0.2, 0.25) is 0 Å². The summed E-state index contributed by atoms with van der Waals surface area (Å²) in [7, 11) is 0. The molecule has 4 rings (SSSR count). The van der Waals surface area contributed by atoms with E-state index in [-0.39, 0.29) is 23.2 Å². The molecule has 146 valence electrons. The van der Waals surface area contributed by atoms with Crippen LogP contribution in [0.4, 0.5) is 0 Å². The van der Waals surface area contributed by atoms with Crippen LogP contribution in [-0.4, -0.2) is 17.2 Å². The first-order valence-electron chi connectivity index (χ1n) is 10.4. The zero-order valence-corrected chi connectivity index (χ0v) is 16.9. The number of benzene rings is 1. The summed E-state index contributed by atoms with van der Waals surface area (Å²) >= 11 is 0. The molecule has 4 bridgehead atoms. The van der Waals surface area contributed by atoms with Gasteiger partial charge in [-0.05, 0) is 72.6 Å². The van der Waals surface area contributed by atoms with Gasteiger partial charge in [-0.15, -0.1) is 0 Å². The standard InChI is InChI=1S/C24H32O3/c1-15(2)18-11-13-23(3)19-12-14-24(23,4)22(21(18)19)27-20(26)10-7-16-5-8-17(25)9-6-16/h5-10,15,18-19,21-22,25H,11-14H2,1-4H3/t18-,19-,21-,22+,23+,24+/m0/s1. The predicted octanol–water partition coefficient (Wildman–Crippen LogP) is 5.44. The SMILES string of the molecule is CC(C)[C@@H]1CC[C@]2(C)[C@H]3CC[C@]2(C)[C@H](OC(=O)C=Cc2ccc(O)cc2)[C@@H]13. The number of hydrogen-bond donors (Lipinski definition) is 1. The highest BCUT2D eigenvalue weighted by Crippen LogP contribution is 2.74. The van der Waals surface area contributed by atoms with Gasteiger partial charge in [0.2, 0.25) is 0 Å². The van der Waals surface area contributed by atoms with E-state index in [4.69, 9.17) is 4.74 Å². The van der Waals surface area contributed by atoms with Crippen LogP contribution in [0.15, 0.2) is 30.3 Å². The van der Waals surface area contributed by atoms with E-state index in [9.17, 15) is 9.90 Å². The average Bonchev–Trinajstić information content (AvgIpc) is 2.95. The maximum atomic E-state index is 12.7. The molecule has 27 heavy (non-hydrogen) atoms. The van der Waals surface area contributed by atoms with E-state index >= 15 is 0 Å². The summed E-state index contributed by atoms with van der Waals surface area (Å²) < 4.78 is 6.18. The minimum absolute atomic E-state index is 0.0353. The number of phenolic OH excluding ortho intramolecular Hbond substituents is 1. The smallest absolute Gasteiger partial charge is 0.331 e. The van der Waals surface area contributed by atoms with E-state index in [1.165, 1.54) is 25.7 Å². The van der Waals surface area contributed by atoms with E-state index in [0.29, 0.717) is 29.1 Å². The van der Waals surface area contributed by atoms with Crippen LogP contribution in [-0.2, 0) is 9.53 Å². The molecule has 0 heterocycles. The van der Waals surface area contributed by atoms with Crippen molar-refractivity contribution in [2.45, 2.75) is 59.5 Å². The van der Waals surface area contributed by atoms with Crippen LogP contribution in [0.3, 0.4) is 0 Å². The van der Waals surface area contributed by atoms with Gasteiger partial charge >= 0.3 is 5.97 Å². The lowest BCUT2D eigenvalue weighted by Gasteiger charge is -2.43. The number of ether oxygens (including phenoxy) is 1. The summed E-state index contributed by atoms with van der Waals surface area (Å²) in [5.41, 5.74) is 1.30. The lowest BCUT2D eigenvalue weighted by atomic mass is 9.61. The van der Waals surface area contributed by atoms with Gasteiger partial charge in [0.1, 0.15) is 11.9 Å². The molecule has 0 amide bonds. The van der Waals surface area contributed by atoms with Crippen LogP contribution < -0.4 is 0 Å². The number of carbonyl (C=O) groups excluding carboxylic acids is 1. The summed E-state index contributed by atoms with van der Waals surface area (Å²) in [6, 6.07) is 6.83. The number of aromatic hydroxyl groups is 1. The highest BCUT2D eigenvalue weighted by Gasteiger charge is 2.72. The Bertz CT molecular complexity index is 749. The first-order chi connectivity index (χ1) is 12.8. The fourth-order valence-electron chi connectivity index (χ4n) is 6.76. The van der Waals surface area contributed by atoms with Crippen molar-refractivity contribution in [3.8, 4) is 5.75 Å². The predicted molar refractivity (Wildman–Crippen MR) is 107 cm³/mol. The van der Waals surface area contributed by atoms with Crippen molar-refractivity contribution >= 4 is 12.0 Å². The third-order valence-corrected chi connectivity index (χ3v) is 8.44. The molecule has 6 atom stereocenters. The Kier molecular flexibility index (Phi) is 4.40. The summed E-state index contributed by atoms with van der Waals surface area (Å²) in [4.78, 5) is 12.7. The molecule has 1 aromatic carbocycles. The number of carbonyl (C=O) groups is 1. The molecule has 1 aromatic rings. The van der Waals surface area contributed by atoms with Crippen molar-refractivity contribution in [1.29, 1.82) is 0 Å². The lowest BCUT2D eigenvalue weighted by molar-refractivity contribution is -0.155. The molecule has 3 aliphatic rings. The lowest BCUT2D eigenvalue weighted by Crippen LogP contribution is -2.42. The van der Waals surface area contributed by atoms with Gasteiger partial charge < -0.3 is 9.84 Å². The zero-order valence-electron chi connectivity index (χ0n) is 16.9. The Balaban J connectivity index is 1.55. The molecule has 0 spiro atoms. The molecule has 3 saturated carbocycles. The van der Waals surface area contributed by atoms with E-state index in [1.807, 2.05) is 0 Å². The first kappa shape index (κ1) is 18.6. The van der Waals surface area contributed by atoms with Crippen molar-refractivity contribution in [2.24, 2.45) is 34.5 Å². The van der Waals surface area contributed by atoms with Crippen LogP contribution >= 0.6 is 0 Å². The third kappa shape index (κ3) is 2.73. The minimum atomic E-state index is -0.237. The van der Waals surface area contributed by atoms with Crippen molar-refractivity contribution in [3.63, 3.8) is 0 Å². The molecule has 3 fully saturated rings. The van der Waals surface area contributed by atoms with Gasteiger partial charge in [-0.1, -0.05) is 39.8 Å². The summed E-state index contributed by atoms with van der Waals surface area (Å²) in [6.07, 6.45) is 8.34. The topological polar surface area (TPSA) is 46.5 Å². The molecular weight excluding hydrogens is 336 g/mol.